The summed E-state index contributed by atoms with van der Waals surface area (Å²) in [6.07, 6.45) is 3.31. The lowest BCUT2D eigenvalue weighted by atomic mass is 10.0. The Hall–Kier alpha value is -0.160. The van der Waals surface area contributed by atoms with Gasteiger partial charge in [0.1, 0.15) is 0 Å². The quantitative estimate of drug-likeness (QED) is 0.684. The van der Waals surface area contributed by atoms with E-state index >= 15 is 0 Å². The first-order chi connectivity index (χ1) is 8.22. The maximum atomic E-state index is 9.51. The molecule has 2 atom stereocenters. The smallest absolute Gasteiger partial charge is 0.0601 e. The number of aliphatic hydroxyl groups excluding tert-OH is 1. The zero-order chi connectivity index (χ0) is 12.7. The maximum absolute atomic E-state index is 9.51. The second kappa shape index (κ2) is 8.03. The Kier molecular flexibility index (Phi) is 7.04. The van der Waals surface area contributed by atoms with Crippen molar-refractivity contribution in [3.05, 3.63) is 0 Å². The molecule has 0 aliphatic carbocycles. The molecule has 1 aliphatic rings. The first kappa shape index (κ1) is 14.9. The Bertz CT molecular complexity index is 193. The molecule has 2 unspecified atom stereocenters. The van der Waals surface area contributed by atoms with Gasteiger partial charge in [-0.25, -0.2) is 0 Å². The van der Waals surface area contributed by atoms with Gasteiger partial charge in [0.05, 0.1) is 6.61 Å². The van der Waals surface area contributed by atoms with Crippen LogP contribution in [0.1, 0.15) is 33.1 Å². The molecule has 3 N–H and O–H groups in total. The number of nitrogens with two attached hydrogens (primary N) is 1. The van der Waals surface area contributed by atoms with E-state index in [0.29, 0.717) is 0 Å². The highest BCUT2D eigenvalue weighted by atomic mass is 16.3. The number of aliphatic hydroxyl groups is 1. The fourth-order valence-corrected chi connectivity index (χ4v) is 2.68. The SMILES string of the molecule is CCCC(N)C(CO)N1CCN(CCC)CC1. The van der Waals surface area contributed by atoms with Gasteiger partial charge in [-0.15, -0.1) is 0 Å². The number of hydrogen-bond acceptors (Lipinski definition) is 4. The summed E-state index contributed by atoms with van der Waals surface area (Å²) in [5, 5.41) is 9.51. The van der Waals surface area contributed by atoms with Crippen molar-refractivity contribution >= 4 is 0 Å². The van der Waals surface area contributed by atoms with Gasteiger partial charge in [-0.1, -0.05) is 20.3 Å². The number of nitrogens with zero attached hydrogens (tertiary/aromatic N) is 2. The summed E-state index contributed by atoms with van der Waals surface area (Å²) in [6, 6.07) is 0.265. The van der Waals surface area contributed by atoms with Crippen molar-refractivity contribution in [3.8, 4) is 0 Å². The number of piperazine rings is 1. The molecule has 102 valence electrons. The molecule has 4 nitrogen and oxygen atoms in total. The third-order valence-electron chi connectivity index (χ3n) is 3.72. The van der Waals surface area contributed by atoms with Crippen molar-refractivity contribution in [1.82, 2.24) is 9.80 Å². The van der Waals surface area contributed by atoms with Gasteiger partial charge in [0.25, 0.3) is 0 Å². The first-order valence-electron chi connectivity index (χ1n) is 7.05. The van der Waals surface area contributed by atoms with Crippen molar-refractivity contribution < 1.29 is 5.11 Å². The normalized spacial score (nSPS) is 22.6. The summed E-state index contributed by atoms with van der Waals surface area (Å²) >= 11 is 0. The summed E-state index contributed by atoms with van der Waals surface area (Å²) < 4.78 is 0. The Morgan fingerprint density at radius 1 is 1.12 bits per heavy atom. The molecule has 1 aliphatic heterocycles. The van der Waals surface area contributed by atoms with Crippen LogP contribution >= 0.6 is 0 Å². The van der Waals surface area contributed by atoms with E-state index in [9.17, 15) is 5.11 Å². The van der Waals surface area contributed by atoms with Crippen LogP contribution in [0.5, 0.6) is 0 Å². The van der Waals surface area contributed by atoms with Crippen molar-refractivity contribution in [2.45, 2.75) is 45.2 Å². The lowest BCUT2D eigenvalue weighted by Crippen LogP contribution is -2.57. The van der Waals surface area contributed by atoms with Gasteiger partial charge in [0, 0.05) is 38.3 Å². The van der Waals surface area contributed by atoms with Crippen LogP contribution in [0, 0.1) is 0 Å². The van der Waals surface area contributed by atoms with Crippen LogP contribution in [-0.2, 0) is 0 Å². The summed E-state index contributed by atoms with van der Waals surface area (Å²) in [7, 11) is 0. The molecule has 1 rings (SSSR count). The van der Waals surface area contributed by atoms with Gasteiger partial charge in [0.2, 0.25) is 0 Å². The van der Waals surface area contributed by atoms with Crippen LogP contribution in [-0.4, -0.2) is 66.3 Å². The van der Waals surface area contributed by atoms with E-state index in [-0.39, 0.29) is 18.7 Å². The van der Waals surface area contributed by atoms with Crippen molar-refractivity contribution in [2.24, 2.45) is 5.73 Å². The van der Waals surface area contributed by atoms with Gasteiger partial charge in [0.15, 0.2) is 0 Å². The van der Waals surface area contributed by atoms with Crippen molar-refractivity contribution in [1.29, 1.82) is 0 Å². The van der Waals surface area contributed by atoms with Gasteiger partial charge in [-0.05, 0) is 19.4 Å². The van der Waals surface area contributed by atoms with Crippen LogP contribution in [0.25, 0.3) is 0 Å². The Balaban J connectivity index is 2.39. The van der Waals surface area contributed by atoms with Gasteiger partial charge < -0.3 is 15.7 Å². The minimum atomic E-state index is 0.114. The van der Waals surface area contributed by atoms with E-state index in [0.717, 1.165) is 39.0 Å². The summed E-state index contributed by atoms with van der Waals surface area (Å²) in [6.45, 7) is 10.1. The van der Waals surface area contributed by atoms with Crippen LogP contribution in [0.3, 0.4) is 0 Å². The molecule has 0 aromatic carbocycles. The fourth-order valence-electron chi connectivity index (χ4n) is 2.68. The van der Waals surface area contributed by atoms with E-state index in [1.165, 1.54) is 13.0 Å². The second-order valence-corrected chi connectivity index (χ2v) is 5.08. The van der Waals surface area contributed by atoms with E-state index < -0.39 is 0 Å². The van der Waals surface area contributed by atoms with E-state index in [2.05, 4.69) is 23.6 Å². The molecule has 0 aromatic rings. The van der Waals surface area contributed by atoms with E-state index in [1.807, 2.05) is 0 Å². The highest BCUT2D eigenvalue weighted by molar-refractivity contribution is 4.85. The van der Waals surface area contributed by atoms with Gasteiger partial charge in [-0.3, -0.25) is 4.90 Å². The highest BCUT2D eigenvalue weighted by Crippen LogP contribution is 2.11. The Morgan fingerprint density at radius 2 is 1.76 bits per heavy atom. The topological polar surface area (TPSA) is 52.7 Å². The minimum absolute atomic E-state index is 0.114. The zero-order valence-corrected chi connectivity index (χ0v) is 11.4. The third kappa shape index (κ3) is 4.54. The molecular formula is C13H29N3O. The maximum Gasteiger partial charge on any atom is 0.0601 e. The molecule has 0 radical (unpaired) electrons. The van der Waals surface area contributed by atoms with E-state index in [4.69, 9.17) is 5.73 Å². The minimum Gasteiger partial charge on any atom is -0.395 e. The fraction of sp³-hybridized carbons (Fsp3) is 1.00. The molecule has 17 heavy (non-hydrogen) atoms. The molecule has 1 fully saturated rings. The number of rotatable bonds is 7. The monoisotopic (exact) mass is 243 g/mol. The number of hydrogen-bond donors (Lipinski definition) is 2. The van der Waals surface area contributed by atoms with Gasteiger partial charge >= 0.3 is 0 Å². The molecule has 4 heteroatoms. The average Bonchev–Trinajstić information content (AvgIpc) is 2.33. The van der Waals surface area contributed by atoms with E-state index in [1.54, 1.807) is 0 Å². The standard InChI is InChI=1S/C13H29N3O/c1-3-5-12(14)13(11-17)16-9-7-15(6-4-2)8-10-16/h12-13,17H,3-11,14H2,1-2H3. The molecule has 0 bridgehead atoms. The molecule has 0 saturated carbocycles. The summed E-state index contributed by atoms with van der Waals surface area (Å²) in [5.41, 5.74) is 6.15. The molecule has 0 aromatic heterocycles. The lowest BCUT2D eigenvalue weighted by molar-refractivity contribution is 0.0520. The first-order valence-corrected chi connectivity index (χ1v) is 7.05. The van der Waals surface area contributed by atoms with Crippen LogP contribution < -0.4 is 5.73 Å². The third-order valence-corrected chi connectivity index (χ3v) is 3.72. The molecule has 1 saturated heterocycles. The summed E-state index contributed by atoms with van der Waals surface area (Å²) in [5.74, 6) is 0. The molecule has 0 amide bonds. The summed E-state index contributed by atoms with van der Waals surface area (Å²) in [4.78, 5) is 4.86. The van der Waals surface area contributed by atoms with Crippen LogP contribution in [0.15, 0.2) is 0 Å². The molecule has 0 spiro atoms. The predicted octanol–water partition coefficient (Wildman–Crippen LogP) is 0.502. The Labute approximate surface area is 106 Å². The molecular weight excluding hydrogens is 214 g/mol. The zero-order valence-electron chi connectivity index (χ0n) is 11.4. The molecule has 1 heterocycles. The van der Waals surface area contributed by atoms with Crippen LogP contribution in [0.4, 0.5) is 0 Å². The average molecular weight is 243 g/mol. The van der Waals surface area contributed by atoms with Gasteiger partial charge in [-0.2, -0.15) is 0 Å². The van der Waals surface area contributed by atoms with Crippen molar-refractivity contribution in [3.63, 3.8) is 0 Å². The largest absolute Gasteiger partial charge is 0.395 e. The van der Waals surface area contributed by atoms with Crippen LogP contribution in [0.2, 0.25) is 0 Å². The predicted molar refractivity (Wildman–Crippen MR) is 72.1 cm³/mol. The second-order valence-electron chi connectivity index (χ2n) is 5.08. The highest BCUT2D eigenvalue weighted by Gasteiger charge is 2.26. The van der Waals surface area contributed by atoms with Crippen molar-refractivity contribution in [2.75, 3.05) is 39.3 Å². The lowest BCUT2D eigenvalue weighted by Gasteiger charge is -2.40. The Morgan fingerprint density at radius 3 is 2.24 bits per heavy atom.